The minimum atomic E-state index is 0.00380. The molecule has 0 atom stereocenters. The lowest BCUT2D eigenvalue weighted by Gasteiger charge is -2.05. The van der Waals surface area contributed by atoms with Crippen molar-refractivity contribution < 1.29 is 4.79 Å². The Kier molecular flexibility index (Phi) is 2.80. The Morgan fingerprint density at radius 3 is 2.84 bits per heavy atom. The maximum Gasteiger partial charge on any atom is 0.193 e. The molecule has 0 N–H and O–H groups in total. The predicted molar refractivity (Wildman–Crippen MR) is 74.1 cm³/mol. The summed E-state index contributed by atoms with van der Waals surface area (Å²) in [5.41, 5.74) is 2.17. The highest BCUT2D eigenvalue weighted by atomic mass is 16.1. The molecule has 0 aliphatic rings. The van der Waals surface area contributed by atoms with Crippen molar-refractivity contribution in [2.24, 2.45) is 0 Å². The second-order valence-corrected chi connectivity index (χ2v) is 4.42. The Balaban J connectivity index is 2.17. The van der Waals surface area contributed by atoms with Gasteiger partial charge in [-0.2, -0.15) is 0 Å². The van der Waals surface area contributed by atoms with Crippen LogP contribution in [0.1, 0.15) is 21.6 Å². The third kappa shape index (κ3) is 2.10. The van der Waals surface area contributed by atoms with Crippen LogP contribution in [0.5, 0.6) is 0 Å². The third-order valence-electron chi connectivity index (χ3n) is 3.09. The molecule has 3 rings (SSSR count). The Morgan fingerprint density at radius 2 is 2.00 bits per heavy atom. The van der Waals surface area contributed by atoms with Crippen LogP contribution in [0.4, 0.5) is 0 Å². The summed E-state index contributed by atoms with van der Waals surface area (Å²) in [7, 11) is 0. The second kappa shape index (κ2) is 4.61. The van der Waals surface area contributed by atoms with Crippen molar-refractivity contribution in [2.75, 3.05) is 0 Å². The highest BCUT2D eigenvalue weighted by Gasteiger charge is 2.12. The molecule has 0 unspecified atom stereocenters. The Bertz CT molecular complexity index is 760. The average Bonchev–Trinajstić information content (AvgIpc) is 2.46. The van der Waals surface area contributed by atoms with Crippen molar-refractivity contribution in [2.45, 2.75) is 6.92 Å². The lowest BCUT2D eigenvalue weighted by atomic mass is 9.99. The summed E-state index contributed by atoms with van der Waals surface area (Å²) in [6, 6.07) is 11.2. The monoisotopic (exact) mass is 248 g/mol. The van der Waals surface area contributed by atoms with E-state index in [1.165, 1.54) is 0 Å². The van der Waals surface area contributed by atoms with E-state index >= 15 is 0 Å². The zero-order valence-corrected chi connectivity index (χ0v) is 10.5. The van der Waals surface area contributed by atoms with Crippen LogP contribution in [0, 0.1) is 6.92 Å². The normalized spacial score (nSPS) is 10.6. The number of rotatable bonds is 2. The molecule has 0 aliphatic heterocycles. The molecule has 3 nitrogen and oxygen atoms in total. The molecular formula is C16H12N2O. The van der Waals surface area contributed by atoms with E-state index in [2.05, 4.69) is 9.97 Å². The molecule has 19 heavy (non-hydrogen) atoms. The van der Waals surface area contributed by atoms with Crippen LogP contribution >= 0.6 is 0 Å². The fraction of sp³-hybridized carbons (Fsp3) is 0.0625. The van der Waals surface area contributed by atoms with Crippen molar-refractivity contribution in [3.05, 3.63) is 71.8 Å². The highest BCUT2D eigenvalue weighted by molar-refractivity contribution is 6.16. The quantitative estimate of drug-likeness (QED) is 0.654. The second-order valence-electron chi connectivity index (χ2n) is 4.42. The number of aryl methyl sites for hydroxylation is 1. The van der Waals surface area contributed by atoms with Gasteiger partial charge in [-0.1, -0.05) is 18.2 Å². The first-order chi connectivity index (χ1) is 9.25. The summed E-state index contributed by atoms with van der Waals surface area (Å²) >= 11 is 0. The number of nitrogens with zero attached hydrogens (tertiary/aromatic N) is 2. The van der Waals surface area contributed by atoms with Gasteiger partial charge in [0.25, 0.3) is 0 Å². The van der Waals surface area contributed by atoms with Gasteiger partial charge in [-0.3, -0.25) is 14.8 Å². The van der Waals surface area contributed by atoms with Gasteiger partial charge in [0.15, 0.2) is 5.78 Å². The fourth-order valence-electron chi connectivity index (χ4n) is 2.15. The first kappa shape index (κ1) is 11.5. The molecule has 1 aromatic carbocycles. The van der Waals surface area contributed by atoms with Crippen LogP contribution in [-0.4, -0.2) is 15.8 Å². The first-order valence-corrected chi connectivity index (χ1v) is 6.06. The number of hydrogen-bond donors (Lipinski definition) is 0. The number of carbonyl (C=O) groups is 1. The smallest absolute Gasteiger partial charge is 0.193 e. The van der Waals surface area contributed by atoms with Gasteiger partial charge in [0.2, 0.25) is 0 Å². The Morgan fingerprint density at radius 1 is 1.11 bits per heavy atom. The van der Waals surface area contributed by atoms with E-state index in [1.807, 2.05) is 31.2 Å². The van der Waals surface area contributed by atoms with E-state index in [1.54, 1.807) is 30.7 Å². The molecule has 0 saturated heterocycles. The summed E-state index contributed by atoms with van der Waals surface area (Å²) < 4.78 is 0. The van der Waals surface area contributed by atoms with Crippen LogP contribution in [0.3, 0.4) is 0 Å². The first-order valence-electron chi connectivity index (χ1n) is 6.06. The lowest BCUT2D eigenvalue weighted by Crippen LogP contribution is -2.03. The number of carbonyl (C=O) groups excluding carboxylic acids is 1. The molecule has 92 valence electrons. The molecule has 0 aliphatic carbocycles. The minimum Gasteiger partial charge on any atom is -0.289 e. The minimum absolute atomic E-state index is 0.00380. The number of ketones is 1. The zero-order valence-electron chi connectivity index (χ0n) is 10.5. The van der Waals surface area contributed by atoms with E-state index in [9.17, 15) is 4.79 Å². The zero-order chi connectivity index (χ0) is 13.2. The maximum absolute atomic E-state index is 12.6. The summed E-state index contributed by atoms with van der Waals surface area (Å²) in [5, 5.41) is 1.90. The number of fused-ring (bicyclic) bond motifs is 1. The van der Waals surface area contributed by atoms with Crippen LogP contribution in [-0.2, 0) is 0 Å². The van der Waals surface area contributed by atoms with Crippen molar-refractivity contribution in [3.63, 3.8) is 0 Å². The molecule has 0 amide bonds. The number of benzene rings is 1. The molecule has 0 spiro atoms. The van der Waals surface area contributed by atoms with E-state index in [0.29, 0.717) is 11.1 Å². The highest BCUT2D eigenvalue weighted by Crippen LogP contribution is 2.20. The Hall–Kier alpha value is -2.55. The van der Waals surface area contributed by atoms with Gasteiger partial charge in [-0.05, 0) is 30.5 Å². The van der Waals surface area contributed by atoms with Crippen LogP contribution < -0.4 is 0 Å². The maximum atomic E-state index is 12.6. The van der Waals surface area contributed by atoms with Crippen LogP contribution in [0.15, 0.2) is 55.0 Å². The molecule has 0 radical (unpaired) electrons. The topological polar surface area (TPSA) is 42.9 Å². The van der Waals surface area contributed by atoms with Crippen molar-refractivity contribution in [3.8, 4) is 0 Å². The molecule has 2 heterocycles. The van der Waals surface area contributed by atoms with Crippen molar-refractivity contribution in [1.82, 2.24) is 9.97 Å². The fourth-order valence-corrected chi connectivity index (χ4v) is 2.15. The number of hydrogen-bond acceptors (Lipinski definition) is 3. The van der Waals surface area contributed by atoms with Gasteiger partial charge in [0, 0.05) is 40.8 Å². The average molecular weight is 248 g/mol. The predicted octanol–water partition coefficient (Wildman–Crippen LogP) is 3.17. The van der Waals surface area contributed by atoms with Crippen molar-refractivity contribution in [1.29, 1.82) is 0 Å². The largest absolute Gasteiger partial charge is 0.289 e. The molecule has 3 heteroatoms. The summed E-state index contributed by atoms with van der Waals surface area (Å²) in [5.74, 6) is 0.00380. The molecule has 3 aromatic rings. The van der Waals surface area contributed by atoms with Gasteiger partial charge in [-0.15, -0.1) is 0 Å². The van der Waals surface area contributed by atoms with Gasteiger partial charge in [0.05, 0.1) is 0 Å². The van der Waals surface area contributed by atoms with Gasteiger partial charge >= 0.3 is 0 Å². The standard InChI is InChI=1S/C16H12N2O/c1-11-9-13(6-8-18-11)16(19)14-4-2-3-12-5-7-17-10-15(12)14/h2-10H,1H3. The van der Waals surface area contributed by atoms with Crippen LogP contribution in [0.2, 0.25) is 0 Å². The van der Waals surface area contributed by atoms with E-state index in [0.717, 1.165) is 16.5 Å². The van der Waals surface area contributed by atoms with Gasteiger partial charge in [0.1, 0.15) is 0 Å². The number of aromatic nitrogens is 2. The molecule has 0 fully saturated rings. The van der Waals surface area contributed by atoms with Gasteiger partial charge < -0.3 is 0 Å². The van der Waals surface area contributed by atoms with Crippen molar-refractivity contribution >= 4 is 16.6 Å². The SMILES string of the molecule is Cc1cc(C(=O)c2cccc3ccncc23)ccn1. The molecule has 0 bridgehead atoms. The molecular weight excluding hydrogens is 236 g/mol. The summed E-state index contributed by atoms with van der Waals surface area (Å²) in [6.45, 7) is 1.88. The lowest BCUT2D eigenvalue weighted by molar-refractivity contribution is 0.104. The number of pyridine rings is 2. The molecule has 2 aromatic heterocycles. The van der Waals surface area contributed by atoms with E-state index in [-0.39, 0.29) is 5.78 Å². The summed E-state index contributed by atoms with van der Waals surface area (Å²) in [4.78, 5) is 20.8. The van der Waals surface area contributed by atoms with E-state index < -0.39 is 0 Å². The molecule has 0 saturated carbocycles. The third-order valence-corrected chi connectivity index (χ3v) is 3.09. The van der Waals surface area contributed by atoms with Gasteiger partial charge in [-0.25, -0.2) is 0 Å². The van der Waals surface area contributed by atoms with Crippen LogP contribution in [0.25, 0.3) is 10.8 Å². The summed E-state index contributed by atoms with van der Waals surface area (Å²) in [6.07, 6.45) is 5.12. The van der Waals surface area contributed by atoms with E-state index in [4.69, 9.17) is 0 Å². The Labute approximate surface area is 111 Å².